The van der Waals surface area contributed by atoms with Gasteiger partial charge in [0.05, 0.1) is 10.5 Å². The molecule has 132 valence electrons. The minimum absolute atomic E-state index is 0.00390. The van der Waals surface area contributed by atoms with E-state index in [0.717, 1.165) is 17.5 Å². The molecule has 1 aliphatic heterocycles. The van der Waals surface area contributed by atoms with Crippen LogP contribution in [0.2, 0.25) is 0 Å². The van der Waals surface area contributed by atoms with Crippen molar-refractivity contribution >= 4 is 21.7 Å². The third kappa shape index (κ3) is 3.39. The Labute approximate surface area is 148 Å². The van der Waals surface area contributed by atoms with E-state index in [-0.39, 0.29) is 16.9 Å². The Kier molecular flexibility index (Phi) is 4.33. The highest BCUT2D eigenvalue weighted by atomic mass is 32.2. The van der Waals surface area contributed by atoms with Gasteiger partial charge in [0.1, 0.15) is 6.61 Å². The summed E-state index contributed by atoms with van der Waals surface area (Å²) in [5.41, 5.74) is 2.60. The summed E-state index contributed by atoms with van der Waals surface area (Å²) in [7, 11) is -3.72. The summed E-state index contributed by atoms with van der Waals surface area (Å²) < 4.78 is 32.6. The maximum Gasteiger partial charge on any atom is 0.338 e. The number of hydrogen-bond donors (Lipinski definition) is 1. The van der Waals surface area contributed by atoms with Crippen molar-refractivity contribution in [1.29, 1.82) is 0 Å². The van der Waals surface area contributed by atoms with Crippen LogP contribution >= 0.6 is 0 Å². The fraction of sp³-hybridized carbons (Fsp3) is 0.316. The van der Waals surface area contributed by atoms with Crippen LogP contribution in [0.3, 0.4) is 0 Å². The lowest BCUT2D eigenvalue weighted by atomic mass is 9.82. The number of benzene rings is 2. The first-order valence-electron chi connectivity index (χ1n) is 8.16. The van der Waals surface area contributed by atoms with Crippen LogP contribution in [0.4, 0.5) is 5.69 Å². The van der Waals surface area contributed by atoms with Crippen LogP contribution in [0, 0.1) is 0 Å². The Morgan fingerprint density at radius 1 is 1.12 bits per heavy atom. The smallest absolute Gasteiger partial charge is 0.338 e. The first-order chi connectivity index (χ1) is 11.7. The largest absolute Gasteiger partial charge is 0.457 e. The number of anilines is 1. The average molecular weight is 359 g/mol. The van der Waals surface area contributed by atoms with Gasteiger partial charge < -0.3 is 4.74 Å². The molecule has 5 nitrogen and oxygen atoms in total. The van der Waals surface area contributed by atoms with Crippen molar-refractivity contribution < 1.29 is 17.9 Å². The van der Waals surface area contributed by atoms with Crippen molar-refractivity contribution in [2.45, 2.75) is 44.1 Å². The average Bonchev–Trinajstić information content (AvgIpc) is 2.95. The molecule has 25 heavy (non-hydrogen) atoms. The fourth-order valence-electron chi connectivity index (χ4n) is 2.68. The van der Waals surface area contributed by atoms with E-state index in [2.05, 4.69) is 25.5 Å². The highest BCUT2D eigenvalue weighted by Crippen LogP contribution is 2.28. The summed E-state index contributed by atoms with van der Waals surface area (Å²) >= 11 is 0. The van der Waals surface area contributed by atoms with Crippen LogP contribution in [0.25, 0.3) is 0 Å². The van der Waals surface area contributed by atoms with Crippen LogP contribution in [-0.4, -0.2) is 14.4 Å². The normalized spacial score (nSPS) is 14.1. The Morgan fingerprint density at radius 2 is 1.80 bits per heavy atom. The van der Waals surface area contributed by atoms with Crippen molar-refractivity contribution in [3.63, 3.8) is 0 Å². The van der Waals surface area contributed by atoms with E-state index in [0.29, 0.717) is 11.3 Å². The lowest BCUT2D eigenvalue weighted by molar-refractivity contribution is 0.0535. The monoisotopic (exact) mass is 359 g/mol. The van der Waals surface area contributed by atoms with Crippen molar-refractivity contribution in [3.8, 4) is 0 Å². The Morgan fingerprint density at radius 3 is 2.44 bits per heavy atom. The van der Waals surface area contributed by atoms with Crippen molar-refractivity contribution in [2.24, 2.45) is 0 Å². The highest BCUT2D eigenvalue weighted by Gasteiger charge is 2.23. The molecule has 1 aliphatic rings. The number of esters is 1. The van der Waals surface area contributed by atoms with Gasteiger partial charge in [-0.15, -0.1) is 0 Å². The standard InChI is InChI=1S/C19H21NO4S/c1-4-19(2,3)14-6-9-16(10-7-14)25(22,23)20-15-8-5-13-12-24-18(21)17(13)11-15/h5-11,20H,4,12H2,1-3H3. The molecule has 0 bridgehead atoms. The number of cyclic esters (lactones) is 1. The molecule has 0 aliphatic carbocycles. The minimum atomic E-state index is -3.72. The number of ether oxygens (including phenoxy) is 1. The topological polar surface area (TPSA) is 72.5 Å². The Bertz CT molecular complexity index is 915. The van der Waals surface area contributed by atoms with E-state index in [4.69, 9.17) is 4.74 Å². The quantitative estimate of drug-likeness (QED) is 0.823. The predicted molar refractivity (Wildman–Crippen MR) is 96.1 cm³/mol. The van der Waals surface area contributed by atoms with Gasteiger partial charge >= 0.3 is 5.97 Å². The summed E-state index contributed by atoms with van der Waals surface area (Å²) in [6, 6.07) is 11.7. The minimum Gasteiger partial charge on any atom is -0.457 e. The van der Waals surface area contributed by atoms with Crippen molar-refractivity contribution in [1.82, 2.24) is 0 Å². The second-order valence-corrected chi connectivity index (χ2v) is 8.50. The van der Waals surface area contributed by atoms with Gasteiger partial charge in [0, 0.05) is 11.3 Å². The molecule has 0 spiro atoms. The summed E-state index contributed by atoms with van der Waals surface area (Å²) in [6.07, 6.45) is 0.961. The zero-order valence-corrected chi connectivity index (χ0v) is 15.3. The van der Waals surface area contributed by atoms with Gasteiger partial charge in [-0.2, -0.15) is 0 Å². The zero-order valence-electron chi connectivity index (χ0n) is 14.5. The molecule has 0 radical (unpaired) electrons. The molecule has 0 atom stereocenters. The van der Waals surface area contributed by atoms with Crippen molar-refractivity contribution in [3.05, 3.63) is 59.2 Å². The number of nitrogens with one attached hydrogen (secondary N) is 1. The number of carbonyl (C=O) groups is 1. The lowest BCUT2D eigenvalue weighted by Crippen LogP contribution is -2.17. The SMILES string of the molecule is CCC(C)(C)c1ccc(S(=O)(=O)Nc2ccc3c(c2)C(=O)OC3)cc1. The molecule has 1 N–H and O–H groups in total. The predicted octanol–water partition coefficient (Wildman–Crippen LogP) is 3.85. The molecule has 0 amide bonds. The lowest BCUT2D eigenvalue weighted by Gasteiger charge is -2.23. The van der Waals surface area contributed by atoms with E-state index >= 15 is 0 Å². The summed E-state index contributed by atoms with van der Waals surface area (Å²) in [5.74, 6) is -0.429. The van der Waals surface area contributed by atoms with E-state index < -0.39 is 16.0 Å². The maximum atomic E-state index is 12.6. The molecule has 0 unspecified atom stereocenters. The van der Waals surface area contributed by atoms with Crippen LogP contribution in [0.1, 0.15) is 48.7 Å². The first-order valence-corrected chi connectivity index (χ1v) is 9.65. The van der Waals surface area contributed by atoms with Crippen LogP contribution in [0.15, 0.2) is 47.4 Å². The molecule has 2 aromatic rings. The summed E-state index contributed by atoms with van der Waals surface area (Å²) in [5, 5.41) is 0. The maximum absolute atomic E-state index is 12.6. The van der Waals surface area contributed by atoms with Crippen LogP contribution in [0.5, 0.6) is 0 Å². The molecule has 2 aromatic carbocycles. The molecule has 0 saturated carbocycles. The van der Waals surface area contributed by atoms with Gasteiger partial charge in [0.15, 0.2) is 0 Å². The van der Waals surface area contributed by atoms with Crippen LogP contribution < -0.4 is 4.72 Å². The second-order valence-electron chi connectivity index (χ2n) is 6.82. The van der Waals surface area contributed by atoms with Crippen LogP contribution in [-0.2, 0) is 26.8 Å². The molecule has 1 heterocycles. The molecule has 0 saturated heterocycles. The molecule has 3 rings (SSSR count). The summed E-state index contributed by atoms with van der Waals surface area (Å²) in [6.45, 7) is 6.58. The molecule has 0 fully saturated rings. The van der Waals surface area contributed by atoms with E-state index in [1.807, 2.05) is 12.1 Å². The Balaban J connectivity index is 1.85. The van der Waals surface area contributed by atoms with Gasteiger partial charge in [0.2, 0.25) is 0 Å². The number of carbonyl (C=O) groups excluding carboxylic acids is 1. The number of hydrogen-bond acceptors (Lipinski definition) is 4. The molecular formula is C19H21NO4S. The third-order valence-corrected chi connectivity index (χ3v) is 6.17. The molecule has 6 heteroatoms. The Hall–Kier alpha value is -2.34. The molecule has 0 aromatic heterocycles. The van der Waals surface area contributed by atoms with E-state index in [9.17, 15) is 13.2 Å². The van der Waals surface area contributed by atoms with E-state index in [1.54, 1.807) is 24.3 Å². The number of rotatable bonds is 5. The van der Waals surface area contributed by atoms with Crippen molar-refractivity contribution in [2.75, 3.05) is 4.72 Å². The highest BCUT2D eigenvalue weighted by molar-refractivity contribution is 7.92. The van der Waals surface area contributed by atoms with Gasteiger partial charge in [-0.1, -0.05) is 39.0 Å². The zero-order chi connectivity index (χ0) is 18.2. The number of sulfonamides is 1. The summed E-state index contributed by atoms with van der Waals surface area (Å²) in [4.78, 5) is 11.8. The first kappa shape index (κ1) is 17.5. The van der Waals surface area contributed by atoms with Gasteiger partial charge in [-0.05, 0) is 41.7 Å². The fourth-order valence-corrected chi connectivity index (χ4v) is 3.73. The third-order valence-electron chi connectivity index (χ3n) is 4.77. The van der Waals surface area contributed by atoms with Gasteiger partial charge in [-0.3, -0.25) is 4.72 Å². The van der Waals surface area contributed by atoms with E-state index in [1.165, 1.54) is 6.07 Å². The molecular weight excluding hydrogens is 338 g/mol. The second kappa shape index (κ2) is 6.19. The number of fused-ring (bicyclic) bond motifs is 1. The van der Waals surface area contributed by atoms with Gasteiger partial charge in [0.25, 0.3) is 10.0 Å². The van der Waals surface area contributed by atoms with Gasteiger partial charge in [-0.25, -0.2) is 13.2 Å².